The molecule has 1 saturated carbocycles. The third kappa shape index (κ3) is 2.73. The molecule has 1 unspecified atom stereocenters. The number of ether oxygens (including phenoxy) is 1. The predicted molar refractivity (Wildman–Crippen MR) is 76.9 cm³/mol. The van der Waals surface area contributed by atoms with Gasteiger partial charge in [-0.05, 0) is 47.0 Å². The van der Waals surface area contributed by atoms with E-state index < -0.39 is 0 Å². The van der Waals surface area contributed by atoms with Gasteiger partial charge in [-0.1, -0.05) is 19.3 Å². The Morgan fingerprint density at radius 2 is 1.74 bits per heavy atom. The van der Waals surface area contributed by atoms with Crippen LogP contribution in [-0.4, -0.2) is 23.5 Å². The fourth-order valence-electron chi connectivity index (χ4n) is 4.12. The molecular formula is C16H29NO2. The zero-order valence-electron chi connectivity index (χ0n) is 12.9. The Kier molecular flexibility index (Phi) is 3.83. The van der Waals surface area contributed by atoms with Crippen molar-refractivity contribution in [3.05, 3.63) is 0 Å². The van der Waals surface area contributed by atoms with E-state index in [4.69, 9.17) is 10.5 Å². The van der Waals surface area contributed by atoms with Crippen LogP contribution in [0.5, 0.6) is 0 Å². The Balaban J connectivity index is 2.23. The highest BCUT2D eigenvalue weighted by atomic mass is 16.5. The number of carbonyl (C=O) groups is 1. The number of nitrogens with two attached hydrogens (primary N) is 1. The van der Waals surface area contributed by atoms with Crippen molar-refractivity contribution in [1.82, 2.24) is 0 Å². The topological polar surface area (TPSA) is 52.3 Å². The van der Waals surface area contributed by atoms with E-state index in [0.717, 1.165) is 32.1 Å². The van der Waals surface area contributed by atoms with Gasteiger partial charge in [-0.15, -0.1) is 0 Å². The highest BCUT2D eigenvalue weighted by molar-refractivity contribution is 5.88. The van der Waals surface area contributed by atoms with E-state index in [2.05, 4.69) is 27.7 Å². The van der Waals surface area contributed by atoms with Crippen molar-refractivity contribution in [1.29, 1.82) is 0 Å². The summed E-state index contributed by atoms with van der Waals surface area (Å²) >= 11 is 0. The summed E-state index contributed by atoms with van der Waals surface area (Å²) in [5.41, 5.74) is 5.17. The van der Waals surface area contributed by atoms with E-state index in [0.29, 0.717) is 12.3 Å². The van der Waals surface area contributed by atoms with Crippen molar-refractivity contribution in [2.75, 3.05) is 6.54 Å². The van der Waals surface area contributed by atoms with Crippen LogP contribution < -0.4 is 5.73 Å². The Labute approximate surface area is 117 Å². The minimum absolute atomic E-state index is 0.0100. The van der Waals surface area contributed by atoms with Gasteiger partial charge in [0.1, 0.15) is 5.78 Å². The molecule has 1 atom stereocenters. The summed E-state index contributed by atoms with van der Waals surface area (Å²) in [5, 5.41) is 0. The molecule has 3 nitrogen and oxygen atoms in total. The SMILES string of the molecule is CC1(C)CC(C(=O)C2(CN)CCCCC2)C(C)(C)O1. The molecule has 0 aromatic rings. The molecule has 1 aliphatic carbocycles. The number of ketones is 1. The third-order valence-electron chi connectivity index (χ3n) is 5.11. The summed E-state index contributed by atoms with van der Waals surface area (Å²) in [7, 11) is 0. The molecule has 2 aliphatic rings. The van der Waals surface area contributed by atoms with Gasteiger partial charge in [0, 0.05) is 17.9 Å². The predicted octanol–water partition coefficient (Wildman–Crippen LogP) is 3.06. The fraction of sp³-hybridized carbons (Fsp3) is 0.938. The van der Waals surface area contributed by atoms with E-state index in [9.17, 15) is 4.79 Å². The molecule has 0 radical (unpaired) electrons. The molecular weight excluding hydrogens is 238 g/mol. The van der Waals surface area contributed by atoms with Gasteiger partial charge in [-0.25, -0.2) is 0 Å². The smallest absolute Gasteiger partial charge is 0.146 e. The van der Waals surface area contributed by atoms with E-state index in [1.54, 1.807) is 0 Å². The van der Waals surface area contributed by atoms with Gasteiger partial charge in [-0.3, -0.25) is 4.79 Å². The third-order valence-corrected chi connectivity index (χ3v) is 5.11. The standard InChI is InChI=1S/C16H29NO2/c1-14(2)10-12(15(3,4)19-14)13(18)16(11-17)8-6-5-7-9-16/h12H,5-11,17H2,1-4H3. The van der Waals surface area contributed by atoms with Crippen molar-refractivity contribution >= 4 is 5.78 Å². The number of Topliss-reactive ketones (excluding diaryl/α,β-unsaturated/α-hetero) is 1. The lowest BCUT2D eigenvalue weighted by Gasteiger charge is -2.39. The van der Waals surface area contributed by atoms with Crippen LogP contribution in [0.15, 0.2) is 0 Å². The Bertz CT molecular complexity index is 354. The van der Waals surface area contributed by atoms with Crippen molar-refractivity contribution in [2.24, 2.45) is 17.1 Å². The summed E-state index contributed by atoms with van der Waals surface area (Å²) < 4.78 is 6.09. The van der Waals surface area contributed by atoms with Crippen LogP contribution in [0.4, 0.5) is 0 Å². The number of hydrogen-bond donors (Lipinski definition) is 1. The largest absolute Gasteiger partial charge is 0.369 e. The first-order chi connectivity index (χ1) is 8.72. The first-order valence-corrected chi connectivity index (χ1v) is 7.67. The zero-order valence-corrected chi connectivity index (χ0v) is 12.9. The van der Waals surface area contributed by atoms with Gasteiger partial charge in [-0.2, -0.15) is 0 Å². The van der Waals surface area contributed by atoms with Crippen LogP contribution in [0.1, 0.15) is 66.2 Å². The molecule has 1 heterocycles. The quantitative estimate of drug-likeness (QED) is 0.855. The lowest BCUT2D eigenvalue weighted by molar-refractivity contribution is -0.140. The number of carbonyl (C=O) groups excluding carboxylic acids is 1. The Morgan fingerprint density at radius 3 is 2.16 bits per heavy atom. The molecule has 0 amide bonds. The molecule has 0 aromatic heterocycles. The minimum atomic E-state index is -0.361. The minimum Gasteiger partial charge on any atom is -0.369 e. The average Bonchev–Trinajstić information content (AvgIpc) is 2.57. The number of hydrogen-bond acceptors (Lipinski definition) is 3. The molecule has 110 valence electrons. The van der Waals surface area contributed by atoms with Gasteiger partial charge in [0.15, 0.2) is 0 Å². The van der Waals surface area contributed by atoms with Crippen molar-refractivity contribution in [3.8, 4) is 0 Å². The second kappa shape index (κ2) is 4.85. The average molecular weight is 267 g/mol. The van der Waals surface area contributed by atoms with Crippen LogP contribution in [0, 0.1) is 11.3 Å². The van der Waals surface area contributed by atoms with E-state index in [-0.39, 0.29) is 22.5 Å². The molecule has 3 heteroatoms. The second-order valence-corrected chi connectivity index (χ2v) is 7.63. The van der Waals surface area contributed by atoms with Gasteiger partial charge < -0.3 is 10.5 Å². The van der Waals surface area contributed by atoms with Crippen LogP contribution in [0.2, 0.25) is 0 Å². The van der Waals surface area contributed by atoms with Gasteiger partial charge in [0.2, 0.25) is 0 Å². The summed E-state index contributed by atoms with van der Waals surface area (Å²) in [4.78, 5) is 13.1. The summed E-state index contributed by atoms with van der Waals surface area (Å²) in [5.74, 6) is 0.356. The molecule has 19 heavy (non-hydrogen) atoms. The maximum Gasteiger partial charge on any atom is 0.146 e. The maximum atomic E-state index is 13.1. The van der Waals surface area contributed by atoms with E-state index in [1.807, 2.05) is 0 Å². The first kappa shape index (κ1) is 15.0. The fourth-order valence-corrected chi connectivity index (χ4v) is 4.12. The maximum absolute atomic E-state index is 13.1. The van der Waals surface area contributed by atoms with Gasteiger partial charge in [0.05, 0.1) is 11.2 Å². The normalized spacial score (nSPS) is 32.2. The molecule has 2 rings (SSSR count). The molecule has 2 fully saturated rings. The first-order valence-electron chi connectivity index (χ1n) is 7.67. The van der Waals surface area contributed by atoms with Gasteiger partial charge in [0.25, 0.3) is 0 Å². The number of rotatable bonds is 3. The second-order valence-electron chi connectivity index (χ2n) is 7.63. The lowest BCUT2D eigenvalue weighted by Crippen LogP contribution is -2.47. The highest BCUT2D eigenvalue weighted by Crippen LogP contribution is 2.48. The monoisotopic (exact) mass is 267 g/mol. The molecule has 0 bridgehead atoms. The molecule has 0 aromatic carbocycles. The van der Waals surface area contributed by atoms with Crippen LogP contribution in [-0.2, 0) is 9.53 Å². The zero-order chi connectivity index (χ0) is 14.3. The van der Waals surface area contributed by atoms with Crippen molar-refractivity contribution in [3.63, 3.8) is 0 Å². The highest BCUT2D eigenvalue weighted by Gasteiger charge is 2.53. The summed E-state index contributed by atoms with van der Waals surface area (Å²) in [6.45, 7) is 8.77. The molecule has 2 N–H and O–H groups in total. The van der Waals surface area contributed by atoms with Crippen molar-refractivity contribution < 1.29 is 9.53 Å². The molecule has 1 aliphatic heterocycles. The lowest BCUT2D eigenvalue weighted by atomic mass is 9.65. The van der Waals surface area contributed by atoms with Crippen LogP contribution in [0.3, 0.4) is 0 Å². The summed E-state index contributed by atoms with van der Waals surface area (Å²) in [6.07, 6.45) is 6.27. The Hall–Kier alpha value is -0.410. The van der Waals surface area contributed by atoms with E-state index in [1.165, 1.54) is 6.42 Å². The van der Waals surface area contributed by atoms with Crippen LogP contribution in [0.25, 0.3) is 0 Å². The van der Waals surface area contributed by atoms with Crippen LogP contribution >= 0.6 is 0 Å². The van der Waals surface area contributed by atoms with E-state index >= 15 is 0 Å². The van der Waals surface area contributed by atoms with Crippen molar-refractivity contribution in [2.45, 2.75) is 77.4 Å². The summed E-state index contributed by atoms with van der Waals surface area (Å²) in [6, 6.07) is 0. The van der Waals surface area contributed by atoms with Gasteiger partial charge >= 0.3 is 0 Å². The molecule has 1 saturated heterocycles. The molecule has 0 spiro atoms. The Morgan fingerprint density at radius 1 is 1.16 bits per heavy atom.